The van der Waals surface area contributed by atoms with Gasteiger partial charge in [-0.25, -0.2) is 0 Å². The number of amides is 1. The summed E-state index contributed by atoms with van der Waals surface area (Å²) in [7, 11) is 1.54. The quantitative estimate of drug-likeness (QED) is 0.0398. The molecular formula is C34H35N3O6S2. The van der Waals surface area contributed by atoms with Gasteiger partial charge in [-0.1, -0.05) is 72.3 Å². The molecule has 4 aromatic rings. The number of carbonyl (C=O) groups excluding carboxylic acids is 2. The van der Waals surface area contributed by atoms with Crippen LogP contribution in [0.1, 0.15) is 55.0 Å². The molecule has 0 bridgehead atoms. The fourth-order valence-electron chi connectivity index (χ4n) is 4.85. The molecule has 5 rings (SSSR count). The fourth-order valence-corrected chi connectivity index (χ4v) is 6.67. The van der Waals surface area contributed by atoms with Crippen molar-refractivity contribution in [1.82, 2.24) is 10.2 Å². The van der Waals surface area contributed by atoms with Gasteiger partial charge < -0.3 is 19.3 Å². The highest BCUT2D eigenvalue weighted by atomic mass is 32.2. The van der Waals surface area contributed by atoms with E-state index in [0.717, 1.165) is 18.4 Å². The molecular weight excluding hydrogens is 611 g/mol. The number of aliphatic hydroxyl groups is 1. The lowest BCUT2D eigenvalue weighted by Gasteiger charge is -2.23. The lowest BCUT2D eigenvalue weighted by Crippen LogP contribution is -2.29. The second-order valence-electron chi connectivity index (χ2n) is 10.4. The van der Waals surface area contributed by atoms with Crippen LogP contribution in [0.15, 0.2) is 76.6 Å². The van der Waals surface area contributed by atoms with Crippen LogP contribution in [0.2, 0.25) is 0 Å². The Morgan fingerprint density at radius 2 is 1.73 bits per heavy atom. The van der Waals surface area contributed by atoms with Gasteiger partial charge in [-0.2, -0.15) is 0 Å². The molecule has 1 unspecified atom stereocenters. The summed E-state index contributed by atoms with van der Waals surface area (Å²) < 4.78 is 17.8. The predicted octanol–water partition coefficient (Wildman–Crippen LogP) is 7.35. The number of thioether (sulfide) groups is 1. The van der Waals surface area contributed by atoms with Gasteiger partial charge in [0.05, 0.1) is 31.9 Å². The molecule has 234 valence electrons. The number of aromatic nitrogens is 2. The molecule has 2 heterocycles. The van der Waals surface area contributed by atoms with Gasteiger partial charge in [-0.3, -0.25) is 14.5 Å². The first kappa shape index (κ1) is 32.1. The van der Waals surface area contributed by atoms with Crippen LogP contribution in [-0.4, -0.2) is 47.3 Å². The third-order valence-electron chi connectivity index (χ3n) is 7.23. The minimum absolute atomic E-state index is 0.0590. The first-order valence-corrected chi connectivity index (χ1v) is 16.5. The van der Waals surface area contributed by atoms with Crippen LogP contribution in [-0.2, 0) is 15.3 Å². The van der Waals surface area contributed by atoms with E-state index in [0.29, 0.717) is 51.7 Å². The summed E-state index contributed by atoms with van der Waals surface area (Å²) in [6.07, 6.45) is 1.87. The molecule has 1 aliphatic heterocycles. The molecule has 1 aromatic heterocycles. The summed E-state index contributed by atoms with van der Waals surface area (Å²) in [5, 5.41) is 20.4. The minimum atomic E-state index is -0.987. The number of carbonyl (C=O) groups is 2. The molecule has 1 aliphatic rings. The van der Waals surface area contributed by atoms with Gasteiger partial charge in [0, 0.05) is 11.3 Å². The average molecular weight is 646 g/mol. The number of aliphatic hydroxyl groups excluding tert-OH is 1. The summed E-state index contributed by atoms with van der Waals surface area (Å²) in [5.74, 6) is 0.378. The molecule has 0 aliphatic carbocycles. The third kappa shape index (κ3) is 7.15. The van der Waals surface area contributed by atoms with E-state index in [1.807, 2.05) is 13.8 Å². The lowest BCUT2D eigenvalue weighted by molar-refractivity contribution is -0.132. The van der Waals surface area contributed by atoms with Crippen molar-refractivity contribution in [3.63, 3.8) is 0 Å². The second-order valence-corrected chi connectivity index (χ2v) is 12.5. The van der Waals surface area contributed by atoms with Gasteiger partial charge in [-0.15, -0.1) is 10.2 Å². The molecule has 9 nitrogen and oxygen atoms in total. The number of hydrogen-bond donors (Lipinski definition) is 1. The number of rotatable bonds is 13. The number of ketones is 1. The van der Waals surface area contributed by atoms with E-state index in [9.17, 15) is 14.7 Å². The van der Waals surface area contributed by atoms with Crippen molar-refractivity contribution in [2.24, 2.45) is 0 Å². The Bertz CT molecular complexity index is 1690. The summed E-state index contributed by atoms with van der Waals surface area (Å²) in [5.41, 5.74) is 3.18. The highest BCUT2D eigenvalue weighted by Crippen LogP contribution is 2.45. The van der Waals surface area contributed by atoms with Crippen molar-refractivity contribution in [1.29, 1.82) is 0 Å². The van der Waals surface area contributed by atoms with Crippen molar-refractivity contribution in [2.45, 2.75) is 49.7 Å². The Morgan fingerprint density at radius 1 is 0.978 bits per heavy atom. The number of ether oxygens (including phenoxy) is 3. The number of hydrogen-bond acceptors (Lipinski definition) is 10. The number of benzene rings is 3. The number of nitrogens with zero attached hydrogens (tertiary/aromatic N) is 3. The highest BCUT2D eigenvalue weighted by molar-refractivity contribution is 8.00. The number of anilines is 1. The minimum Gasteiger partial charge on any atom is -0.507 e. The normalized spacial score (nSPS) is 15.8. The standard InChI is InChI=1S/C34H35N3O6S2/c1-5-7-18-43-26-17-14-24(19-27(26)42-6-2)29-28(30(38)23-12-15-25(41-4)16-13-23)31(39)32(40)37(29)33-35-36-34(45-33)44-20-22-10-8-21(3)9-11-22/h8-17,19,29,38H,5-7,18,20H2,1-4H3. The van der Waals surface area contributed by atoms with Crippen LogP contribution in [0, 0.1) is 6.92 Å². The number of aryl methyl sites for hydroxylation is 1. The largest absolute Gasteiger partial charge is 0.507 e. The van der Waals surface area contributed by atoms with Crippen molar-refractivity contribution in [3.8, 4) is 17.2 Å². The van der Waals surface area contributed by atoms with Crippen LogP contribution in [0.3, 0.4) is 0 Å². The number of unbranched alkanes of at least 4 members (excludes halogenated alkanes) is 1. The van der Waals surface area contributed by atoms with Crippen LogP contribution in [0.5, 0.6) is 17.2 Å². The Balaban J connectivity index is 1.56. The van der Waals surface area contributed by atoms with E-state index < -0.39 is 17.7 Å². The molecule has 0 spiro atoms. The smallest absolute Gasteiger partial charge is 0.301 e. The molecule has 1 amide bonds. The Labute approximate surface area is 270 Å². The first-order valence-electron chi connectivity index (χ1n) is 14.7. The summed E-state index contributed by atoms with van der Waals surface area (Å²) >= 11 is 2.72. The van der Waals surface area contributed by atoms with Gasteiger partial charge in [0.25, 0.3) is 5.78 Å². The van der Waals surface area contributed by atoms with E-state index in [-0.39, 0.29) is 16.5 Å². The van der Waals surface area contributed by atoms with E-state index in [1.54, 1.807) is 49.6 Å². The maximum absolute atomic E-state index is 13.7. The average Bonchev–Trinajstić information content (AvgIpc) is 3.63. The highest BCUT2D eigenvalue weighted by Gasteiger charge is 2.48. The maximum Gasteiger partial charge on any atom is 0.301 e. The molecule has 45 heavy (non-hydrogen) atoms. The Hall–Kier alpha value is -4.35. The molecule has 1 fully saturated rings. The predicted molar refractivity (Wildman–Crippen MR) is 176 cm³/mol. The zero-order valence-electron chi connectivity index (χ0n) is 25.6. The van der Waals surface area contributed by atoms with Crippen molar-refractivity contribution in [3.05, 3.63) is 94.6 Å². The van der Waals surface area contributed by atoms with Crippen molar-refractivity contribution >= 4 is 45.7 Å². The van der Waals surface area contributed by atoms with Crippen LogP contribution in [0.25, 0.3) is 5.76 Å². The fraction of sp³-hybridized carbons (Fsp3) is 0.294. The number of Topliss-reactive ketones (excluding diaryl/α,β-unsaturated/α-hetero) is 1. The van der Waals surface area contributed by atoms with E-state index in [2.05, 4.69) is 41.4 Å². The number of methoxy groups -OCH3 is 1. The molecule has 0 radical (unpaired) electrons. The summed E-state index contributed by atoms with van der Waals surface area (Å²) in [4.78, 5) is 28.7. The molecule has 1 saturated heterocycles. The topological polar surface area (TPSA) is 111 Å². The van der Waals surface area contributed by atoms with Gasteiger partial charge >= 0.3 is 5.91 Å². The Morgan fingerprint density at radius 3 is 2.42 bits per heavy atom. The SMILES string of the molecule is CCCCOc1ccc(C2C(=C(O)c3ccc(OC)cc3)C(=O)C(=O)N2c2nnc(SCc3ccc(C)cc3)s2)cc1OCC. The van der Waals surface area contributed by atoms with E-state index >= 15 is 0 Å². The summed E-state index contributed by atoms with van der Waals surface area (Å²) in [6, 6.07) is 19.2. The van der Waals surface area contributed by atoms with Gasteiger partial charge in [0.15, 0.2) is 15.8 Å². The Kier molecular flexibility index (Phi) is 10.4. The molecule has 0 saturated carbocycles. The van der Waals surface area contributed by atoms with Crippen molar-refractivity contribution in [2.75, 3.05) is 25.2 Å². The van der Waals surface area contributed by atoms with Gasteiger partial charge in [0.2, 0.25) is 5.13 Å². The molecule has 1 atom stereocenters. The monoisotopic (exact) mass is 645 g/mol. The molecule has 1 N–H and O–H groups in total. The lowest BCUT2D eigenvalue weighted by atomic mass is 9.95. The molecule has 11 heteroatoms. The zero-order chi connectivity index (χ0) is 31.9. The van der Waals surface area contributed by atoms with Crippen LogP contribution in [0.4, 0.5) is 5.13 Å². The van der Waals surface area contributed by atoms with Gasteiger partial charge in [0.1, 0.15) is 11.5 Å². The summed E-state index contributed by atoms with van der Waals surface area (Å²) in [6.45, 7) is 6.91. The van der Waals surface area contributed by atoms with Crippen LogP contribution >= 0.6 is 23.1 Å². The maximum atomic E-state index is 13.7. The van der Waals surface area contributed by atoms with Gasteiger partial charge in [-0.05, 0) is 67.8 Å². The van der Waals surface area contributed by atoms with E-state index in [1.165, 1.54) is 33.6 Å². The first-order chi connectivity index (χ1) is 21.8. The van der Waals surface area contributed by atoms with E-state index in [4.69, 9.17) is 14.2 Å². The van der Waals surface area contributed by atoms with Crippen LogP contribution < -0.4 is 19.1 Å². The second kappa shape index (κ2) is 14.6. The third-order valence-corrected chi connectivity index (χ3v) is 9.36. The zero-order valence-corrected chi connectivity index (χ0v) is 27.2. The molecule has 3 aromatic carbocycles. The van der Waals surface area contributed by atoms with Crippen molar-refractivity contribution < 1.29 is 28.9 Å².